The van der Waals surface area contributed by atoms with Crippen molar-refractivity contribution in [1.29, 1.82) is 0 Å². The van der Waals surface area contributed by atoms with Crippen LogP contribution in [-0.2, 0) is 4.79 Å². The van der Waals surface area contributed by atoms with Crippen molar-refractivity contribution in [1.82, 2.24) is 0 Å². The lowest BCUT2D eigenvalue weighted by molar-refractivity contribution is -0.135. The van der Waals surface area contributed by atoms with Gasteiger partial charge < -0.3 is 10.8 Å². The Morgan fingerprint density at radius 1 is 1.18 bits per heavy atom. The van der Waals surface area contributed by atoms with Crippen LogP contribution in [0.4, 0.5) is 5.69 Å². The Bertz CT molecular complexity index is 588. The molecule has 0 unspecified atom stereocenters. The molecule has 0 amide bonds. The summed E-state index contributed by atoms with van der Waals surface area (Å²) in [5, 5.41) is 10.7. The van der Waals surface area contributed by atoms with Gasteiger partial charge in [0.25, 0.3) is 0 Å². The van der Waals surface area contributed by atoms with Crippen LogP contribution in [0.1, 0.15) is 12.0 Å². The predicted octanol–water partition coefficient (Wildman–Crippen LogP) is 2.91. The summed E-state index contributed by atoms with van der Waals surface area (Å²) in [4.78, 5) is 10.4. The summed E-state index contributed by atoms with van der Waals surface area (Å²) >= 11 is 0. The molecule has 0 fully saturated rings. The average Bonchev–Trinajstić information content (AvgIpc) is 2.29. The van der Waals surface area contributed by atoms with Crippen LogP contribution in [0.25, 0.3) is 16.8 Å². The van der Waals surface area contributed by atoms with Gasteiger partial charge in [-0.15, -0.1) is 0 Å². The maximum Gasteiger partial charge on any atom is 0.307 e. The molecule has 3 nitrogen and oxygen atoms in total. The molecule has 0 radical (unpaired) electrons. The van der Waals surface area contributed by atoms with E-state index >= 15 is 0 Å². The van der Waals surface area contributed by atoms with Crippen molar-refractivity contribution in [3.63, 3.8) is 0 Å². The van der Waals surface area contributed by atoms with Gasteiger partial charge in [0.15, 0.2) is 0 Å². The van der Waals surface area contributed by atoms with Gasteiger partial charge in [0.1, 0.15) is 0 Å². The lowest BCUT2D eigenvalue weighted by Gasteiger charge is -2.01. The van der Waals surface area contributed by atoms with Crippen LogP contribution >= 0.6 is 0 Å². The number of anilines is 1. The Morgan fingerprint density at radius 3 is 2.65 bits per heavy atom. The molecule has 3 heteroatoms. The van der Waals surface area contributed by atoms with Crippen LogP contribution in [0.2, 0.25) is 0 Å². The maximum absolute atomic E-state index is 10.4. The van der Waals surface area contributed by atoms with Crippen LogP contribution in [-0.4, -0.2) is 11.1 Å². The van der Waals surface area contributed by atoms with Crippen LogP contribution in [0, 0.1) is 0 Å². The number of fused-ring (bicyclic) bond motifs is 1. The van der Waals surface area contributed by atoms with Crippen molar-refractivity contribution in [3.05, 3.63) is 48.0 Å². The second-order valence-corrected chi connectivity index (χ2v) is 3.87. The molecule has 2 aromatic rings. The molecular weight excluding hydrogens is 214 g/mol. The second-order valence-electron chi connectivity index (χ2n) is 3.87. The molecule has 0 bridgehead atoms. The van der Waals surface area contributed by atoms with E-state index in [1.54, 1.807) is 6.08 Å². The summed E-state index contributed by atoms with van der Waals surface area (Å²) in [7, 11) is 0. The lowest BCUT2D eigenvalue weighted by atomic mass is 10.1. The highest BCUT2D eigenvalue weighted by atomic mass is 16.4. The van der Waals surface area contributed by atoms with E-state index in [1.807, 2.05) is 42.5 Å². The van der Waals surface area contributed by atoms with Crippen LogP contribution in [0.3, 0.4) is 0 Å². The molecule has 0 aliphatic heterocycles. The zero-order valence-electron chi connectivity index (χ0n) is 9.26. The molecule has 0 spiro atoms. The summed E-state index contributed by atoms with van der Waals surface area (Å²) in [6.07, 6.45) is 3.49. The Morgan fingerprint density at radius 2 is 1.88 bits per heavy atom. The Balaban J connectivity index is 2.29. The van der Waals surface area contributed by atoms with E-state index in [9.17, 15) is 4.79 Å². The minimum Gasteiger partial charge on any atom is -0.481 e. The first kappa shape index (κ1) is 11.2. The number of carbonyl (C=O) groups is 1. The number of carboxylic acid groups (broad SMARTS) is 1. The van der Waals surface area contributed by atoms with Gasteiger partial charge in [-0.3, -0.25) is 4.79 Å². The molecule has 17 heavy (non-hydrogen) atoms. The molecule has 0 heterocycles. The third kappa shape index (κ3) is 2.84. The number of rotatable bonds is 3. The van der Waals surface area contributed by atoms with E-state index in [-0.39, 0.29) is 6.42 Å². The number of nitrogen functional groups attached to an aromatic ring is 1. The van der Waals surface area contributed by atoms with Gasteiger partial charge in [0.2, 0.25) is 0 Å². The molecule has 2 aromatic carbocycles. The first-order chi connectivity index (χ1) is 8.15. The fourth-order valence-electron chi connectivity index (χ4n) is 1.68. The van der Waals surface area contributed by atoms with E-state index in [4.69, 9.17) is 10.8 Å². The number of aliphatic carboxylic acids is 1. The fourth-order valence-corrected chi connectivity index (χ4v) is 1.68. The molecule has 0 aromatic heterocycles. The van der Waals surface area contributed by atoms with E-state index < -0.39 is 5.97 Å². The summed E-state index contributed by atoms with van der Waals surface area (Å²) in [5.74, 6) is -0.824. The zero-order chi connectivity index (χ0) is 12.3. The molecule has 0 aliphatic rings. The van der Waals surface area contributed by atoms with Crippen molar-refractivity contribution in [2.24, 2.45) is 0 Å². The second kappa shape index (κ2) is 4.70. The van der Waals surface area contributed by atoms with E-state index in [0.29, 0.717) is 0 Å². The maximum atomic E-state index is 10.4. The molecule has 0 atom stereocenters. The zero-order valence-corrected chi connectivity index (χ0v) is 9.26. The van der Waals surface area contributed by atoms with Crippen LogP contribution in [0.5, 0.6) is 0 Å². The molecule has 0 aliphatic carbocycles. The molecule has 0 saturated carbocycles. The van der Waals surface area contributed by atoms with E-state index in [1.165, 1.54) is 0 Å². The van der Waals surface area contributed by atoms with Gasteiger partial charge in [-0.2, -0.15) is 0 Å². The summed E-state index contributed by atoms with van der Waals surface area (Å²) in [6.45, 7) is 0. The molecule has 3 N–H and O–H groups in total. The predicted molar refractivity (Wildman–Crippen MR) is 69.6 cm³/mol. The third-order valence-electron chi connectivity index (χ3n) is 2.49. The average molecular weight is 227 g/mol. The number of carboxylic acids is 1. The summed E-state index contributed by atoms with van der Waals surface area (Å²) < 4.78 is 0. The largest absolute Gasteiger partial charge is 0.481 e. The molecular formula is C14H13NO2. The highest BCUT2D eigenvalue weighted by Gasteiger charge is 1.95. The minimum absolute atomic E-state index is 0.0414. The summed E-state index contributed by atoms with van der Waals surface area (Å²) in [5.41, 5.74) is 7.43. The smallest absolute Gasteiger partial charge is 0.307 e. The minimum atomic E-state index is -0.824. The normalized spacial score (nSPS) is 11.1. The highest BCUT2D eigenvalue weighted by molar-refractivity contribution is 5.87. The van der Waals surface area contributed by atoms with Crippen molar-refractivity contribution in [2.75, 3.05) is 5.73 Å². The van der Waals surface area contributed by atoms with Gasteiger partial charge in [-0.1, -0.05) is 30.4 Å². The Kier molecular flexibility index (Phi) is 3.10. The van der Waals surface area contributed by atoms with Crippen molar-refractivity contribution >= 4 is 28.5 Å². The quantitative estimate of drug-likeness (QED) is 0.792. The lowest BCUT2D eigenvalue weighted by Crippen LogP contribution is -1.89. The number of hydrogen-bond donors (Lipinski definition) is 2. The molecule has 86 valence electrons. The van der Waals surface area contributed by atoms with Gasteiger partial charge in [-0.05, 0) is 34.5 Å². The third-order valence-corrected chi connectivity index (χ3v) is 2.49. The Hall–Kier alpha value is -2.29. The first-order valence-corrected chi connectivity index (χ1v) is 5.33. The summed E-state index contributed by atoms with van der Waals surface area (Å²) in [6, 6.07) is 11.7. The van der Waals surface area contributed by atoms with Gasteiger partial charge in [0, 0.05) is 5.69 Å². The van der Waals surface area contributed by atoms with Crippen LogP contribution < -0.4 is 5.73 Å². The fraction of sp³-hybridized carbons (Fsp3) is 0.0714. The number of benzene rings is 2. The molecule has 0 saturated heterocycles. The van der Waals surface area contributed by atoms with E-state index in [0.717, 1.165) is 22.0 Å². The van der Waals surface area contributed by atoms with E-state index in [2.05, 4.69) is 0 Å². The molecule has 2 rings (SSSR count). The van der Waals surface area contributed by atoms with Crippen LogP contribution in [0.15, 0.2) is 42.5 Å². The Labute approximate surface area is 99.2 Å². The first-order valence-electron chi connectivity index (χ1n) is 5.33. The topological polar surface area (TPSA) is 63.3 Å². The van der Waals surface area contributed by atoms with Crippen molar-refractivity contribution < 1.29 is 9.90 Å². The van der Waals surface area contributed by atoms with Gasteiger partial charge >= 0.3 is 5.97 Å². The number of nitrogens with two attached hydrogens (primary N) is 1. The monoisotopic (exact) mass is 227 g/mol. The number of hydrogen-bond acceptors (Lipinski definition) is 2. The van der Waals surface area contributed by atoms with Crippen molar-refractivity contribution in [3.8, 4) is 0 Å². The van der Waals surface area contributed by atoms with Gasteiger partial charge in [-0.25, -0.2) is 0 Å². The standard InChI is InChI=1S/C14H13NO2/c15-13-7-6-11-8-10(2-1-3-14(16)17)4-5-12(11)9-13/h1-2,4-9H,3,15H2,(H,16,17). The van der Waals surface area contributed by atoms with Gasteiger partial charge in [0.05, 0.1) is 6.42 Å². The highest BCUT2D eigenvalue weighted by Crippen LogP contribution is 2.19. The van der Waals surface area contributed by atoms with Crippen molar-refractivity contribution in [2.45, 2.75) is 6.42 Å². The SMILES string of the molecule is Nc1ccc2cc(C=CCC(=O)O)ccc2c1.